The second-order valence-electron chi connectivity index (χ2n) is 3.49. The fourth-order valence-electron chi connectivity index (χ4n) is 1.41. The van der Waals surface area contributed by atoms with Gasteiger partial charge in [-0.25, -0.2) is 0 Å². The lowest BCUT2D eigenvalue weighted by atomic mass is 10.2. The number of aliphatic imine (C=N–C) groups is 1. The number of aromatic nitrogens is 1. The number of amidine groups is 1. The first-order valence-corrected chi connectivity index (χ1v) is 4.49. The summed E-state index contributed by atoms with van der Waals surface area (Å²) in [5.74, 6) is 0.976. The maximum absolute atomic E-state index is 4.39. The molecule has 1 N–H and O–H groups in total. The average Bonchev–Trinajstić information content (AvgIpc) is 2.52. The van der Waals surface area contributed by atoms with E-state index in [-0.39, 0.29) is 0 Å². The van der Waals surface area contributed by atoms with Gasteiger partial charge in [-0.15, -0.1) is 0 Å². The number of hydrogen-bond donors (Lipinski definition) is 1. The molecule has 0 radical (unpaired) electrons. The molecule has 1 unspecified atom stereocenters. The van der Waals surface area contributed by atoms with Crippen LogP contribution < -0.4 is 5.32 Å². The Bertz CT molecular complexity index is 344. The van der Waals surface area contributed by atoms with Gasteiger partial charge in [-0.2, -0.15) is 0 Å². The zero-order chi connectivity index (χ0) is 9.26. The predicted octanol–water partition coefficient (Wildman–Crippen LogP) is 1.13. The van der Waals surface area contributed by atoms with Gasteiger partial charge in [-0.1, -0.05) is 0 Å². The molecule has 0 aromatic carbocycles. The minimum Gasteiger partial charge on any atom is -0.366 e. The molecule has 2 heterocycles. The maximum atomic E-state index is 4.39. The molecule has 2 rings (SSSR count). The zero-order valence-corrected chi connectivity index (χ0v) is 7.91. The molecule has 1 aromatic rings. The summed E-state index contributed by atoms with van der Waals surface area (Å²) in [5.41, 5.74) is 2.26. The number of hydrogen-bond acceptors (Lipinski definition) is 3. The molecule has 1 aromatic heterocycles. The fourth-order valence-corrected chi connectivity index (χ4v) is 1.41. The van der Waals surface area contributed by atoms with Gasteiger partial charge < -0.3 is 5.32 Å². The molecule has 0 saturated carbocycles. The van der Waals surface area contributed by atoms with E-state index in [1.54, 1.807) is 0 Å². The van der Waals surface area contributed by atoms with Crippen LogP contribution in [0, 0.1) is 6.92 Å². The highest BCUT2D eigenvalue weighted by Gasteiger charge is 2.13. The van der Waals surface area contributed by atoms with Gasteiger partial charge in [0.25, 0.3) is 0 Å². The standard InChI is InChI=1S/C10H13N3/c1-7-3-9(6-11-4-7)10-12-5-8(2)13-10/h3-4,6,8H,5H2,1-2H3,(H,12,13). The summed E-state index contributed by atoms with van der Waals surface area (Å²) < 4.78 is 0. The highest BCUT2D eigenvalue weighted by Crippen LogP contribution is 2.06. The van der Waals surface area contributed by atoms with Crippen molar-refractivity contribution in [2.75, 3.05) is 6.54 Å². The lowest BCUT2D eigenvalue weighted by Gasteiger charge is -2.05. The van der Waals surface area contributed by atoms with Gasteiger partial charge in [0.1, 0.15) is 5.84 Å². The second kappa shape index (κ2) is 3.17. The maximum Gasteiger partial charge on any atom is 0.130 e. The van der Waals surface area contributed by atoms with Crippen LogP contribution in [0.3, 0.4) is 0 Å². The third kappa shape index (κ3) is 1.69. The van der Waals surface area contributed by atoms with Crippen molar-refractivity contribution in [3.63, 3.8) is 0 Å². The first kappa shape index (κ1) is 8.23. The van der Waals surface area contributed by atoms with Crippen LogP contribution in [0.15, 0.2) is 23.5 Å². The Morgan fingerprint density at radius 1 is 1.46 bits per heavy atom. The van der Waals surface area contributed by atoms with Crippen LogP contribution in [-0.4, -0.2) is 23.4 Å². The van der Waals surface area contributed by atoms with E-state index in [2.05, 4.69) is 28.3 Å². The lowest BCUT2D eigenvalue weighted by Crippen LogP contribution is -2.27. The van der Waals surface area contributed by atoms with Crippen LogP contribution in [0.25, 0.3) is 0 Å². The molecule has 3 heteroatoms. The molecule has 68 valence electrons. The van der Waals surface area contributed by atoms with Gasteiger partial charge in [0.2, 0.25) is 0 Å². The van der Waals surface area contributed by atoms with Crippen LogP contribution >= 0.6 is 0 Å². The molecule has 1 aliphatic heterocycles. The van der Waals surface area contributed by atoms with Crippen LogP contribution in [-0.2, 0) is 0 Å². The number of nitrogens with one attached hydrogen (secondary N) is 1. The fraction of sp³-hybridized carbons (Fsp3) is 0.400. The molecule has 0 amide bonds. The van der Waals surface area contributed by atoms with E-state index in [9.17, 15) is 0 Å². The molecule has 0 fully saturated rings. The molecule has 13 heavy (non-hydrogen) atoms. The lowest BCUT2D eigenvalue weighted by molar-refractivity contribution is 0.726. The first-order valence-electron chi connectivity index (χ1n) is 4.49. The summed E-state index contributed by atoms with van der Waals surface area (Å²) in [6, 6.07) is 2.55. The monoisotopic (exact) mass is 175 g/mol. The number of aryl methyl sites for hydroxylation is 1. The molecule has 0 saturated heterocycles. The van der Waals surface area contributed by atoms with Gasteiger partial charge in [0.15, 0.2) is 0 Å². The molecule has 1 aliphatic rings. The Labute approximate surface area is 77.9 Å². The van der Waals surface area contributed by atoms with E-state index in [1.165, 1.54) is 5.56 Å². The summed E-state index contributed by atoms with van der Waals surface area (Å²) >= 11 is 0. The number of pyridine rings is 1. The SMILES string of the molecule is Cc1cncc(C2=NCC(C)N2)c1. The van der Waals surface area contributed by atoms with Gasteiger partial charge >= 0.3 is 0 Å². The van der Waals surface area contributed by atoms with Crippen molar-refractivity contribution >= 4 is 5.84 Å². The van der Waals surface area contributed by atoms with Crippen LogP contribution in [0.1, 0.15) is 18.1 Å². The van der Waals surface area contributed by atoms with E-state index in [1.807, 2.05) is 19.3 Å². The van der Waals surface area contributed by atoms with Crippen LogP contribution in [0.5, 0.6) is 0 Å². The van der Waals surface area contributed by atoms with E-state index in [0.717, 1.165) is 17.9 Å². The average molecular weight is 175 g/mol. The Morgan fingerprint density at radius 3 is 2.92 bits per heavy atom. The summed E-state index contributed by atoms with van der Waals surface area (Å²) in [6.45, 7) is 5.03. The van der Waals surface area contributed by atoms with Crippen molar-refractivity contribution in [1.82, 2.24) is 10.3 Å². The van der Waals surface area contributed by atoms with E-state index in [4.69, 9.17) is 0 Å². The van der Waals surface area contributed by atoms with Crippen LogP contribution in [0.2, 0.25) is 0 Å². The largest absolute Gasteiger partial charge is 0.366 e. The highest BCUT2D eigenvalue weighted by atomic mass is 15.1. The third-order valence-electron chi connectivity index (χ3n) is 2.05. The Morgan fingerprint density at radius 2 is 2.31 bits per heavy atom. The summed E-state index contributed by atoms with van der Waals surface area (Å²) in [4.78, 5) is 8.53. The quantitative estimate of drug-likeness (QED) is 0.694. The number of rotatable bonds is 1. The summed E-state index contributed by atoms with van der Waals surface area (Å²) in [5, 5.41) is 3.31. The Balaban J connectivity index is 2.26. The molecule has 0 aliphatic carbocycles. The molecule has 0 bridgehead atoms. The second-order valence-corrected chi connectivity index (χ2v) is 3.49. The van der Waals surface area contributed by atoms with Crippen molar-refractivity contribution < 1.29 is 0 Å². The zero-order valence-electron chi connectivity index (χ0n) is 7.91. The third-order valence-corrected chi connectivity index (χ3v) is 2.05. The van der Waals surface area contributed by atoms with E-state index < -0.39 is 0 Å². The topological polar surface area (TPSA) is 37.3 Å². The molecule has 1 atom stereocenters. The van der Waals surface area contributed by atoms with Gasteiger partial charge in [-0.3, -0.25) is 9.98 Å². The smallest absolute Gasteiger partial charge is 0.130 e. The van der Waals surface area contributed by atoms with Gasteiger partial charge in [0.05, 0.1) is 6.54 Å². The Hall–Kier alpha value is -1.38. The molecule has 3 nitrogen and oxygen atoms in total. The van der Waals surface area contributed by atoms with E-state index in [0.29, 0.717) is 6.04 Å². The summed E-state index contributed by atoms with van der Waals surface area (Å²) in [7, 11) is 0. The number of nitrogens with zero attached hydrogens (tertiary/aromatic N) is 2. The minimum absolute atomic E-state index is 0.454. The van der Waals surface area contributed by atoms with Crippen molar-refractivity contribution in [2.45, 2.75) is 19.9 Å². The molecular formula is C10H13N3. The van der Waals surface area contributed by atoms with Gasteiger partial charge in [0, 0.05) is 24.0 Å². The van der Waals surface area contributed by atoms with E-state index >= 15 is 0 Å². The predicted molar refractivity (Wildman–Crippen MR) is 53.0 cm³/mol. The first-order chi connectivity index (χ1) is 6.25. The highest BCUT2D eigenvalue weighted by molar-refractivity contribution is 5.99. The van der Waals surface area contributed by atoms with Crippen molar-refractivity contribution in [1.29, 1.82) is 0 Å². The van der Waals surface area contributed by atoms with Crippen molar-refractivity contribution in [2.24, 2.45) is 4.99 Å². The Kier molecular flexibility index (Phi) is 2.00. The van der Waals surface area contributed by atoms with Gasteiger partial charge in [-0.05, 0) is 25.5 Å². The van der Waals surface area contributed by atoms with Crippen molar-refractivity contribution in [3.05, 3.63) is 29.6 Å². The van der Waals surface area contributed by atoms with Crippen LogP contribution in [0.4, 0.5) is 0 Å². The molecule has 0 spiro atoms. The van der Waals surface area contributed by atoms with Crippen molar-refractivity contribution in [3.8, 4) is 0 Å². The normalized spacial score (nSPS) is 21.1. The summed E-state index contributed by atoms with van der Waals surface area (Å²) in [6.07, 6.45) is 3.69. The molecular weight excluding hydrogens is 162 g/mol. The minimum atomic E-state index is 0.454.